The fourth-order valence-corrected chi connectivity index (χ4v) is 1.17. The maximum Gasteiger partial charge on any atom is 0.121 e. The number of hydrogen-bond acceptors (Lipinski definition) is 2. The lowest BCUT2D eigenvalue weighted by molar-refractivity contribution is -0.0132. The molecule has 1 fully saturated rings. The van der Waals surface area contributed by atoms with Crippen molar-refractivity contribution in [1.82, 2.24) is 0 Å². The highest BCUT2D eigenvalue weighted by Gasteiger charge is 2.12. The summed E-state index contributed by atoms with van der Waals surface area (Å²) in [5.74, 6) is 0. The molecule has 0 spiro atoms. The van der Waals surface area contributed by atoms with Crippen molar-refractivity contribution in [3.05, 3.63) is 24.0 Å². The molecule has 2 heteroatoms. The maximum absolute atomic E-state index is 5.51. The molecule has 0 bridgehead atoms. The number of hydrogen-bond donors (Lipinski definition) is 0. The third-order valence-corrected chi connectivity index (χ3v) is 2.18. The first-order chi connectivity index (χ1) is 6.33. The van der Waals surface area contributed by atoms with Crippen molar-refractivity contribution in [2.45, 2.75) is 32.8 Å². The topological polar surface area (TPSA) is 18.5 Å². The zero-order valence-corrected chi connectivity index (χ0v) is 8.45. The number of rotatable bonds is 3. The van der Waals surface area contributed by atoms with Crippen LogP contribution in [-0.4, -0.2) is 19.3 Å². The summed E-state index contributed by atoms with van der Waals surface area (Å²) in [6.45, 7) is 5.69. The Bertz CT molecular complexity index is 188. The first-order valence-corrected chi connectivity index (χ1v) is 4.85. The summed E-state index contributed by atoms with van der Waals surface area (Å²) in [4.78, 5) is 0. The van der Waals surface area contributed by atoms with Crippen LogP contribution >= 0.6 is 0 Å². The summed E-state index contributed by atoms with van der Waals surface area (Å²) < 4.78 is 10.8. The minimum absolute atomic E-state index is 0.259. The van der Waals surface area contributed by atoms with Crippen LogP contribution in [0.4, 0.5) is 0 Å². The van der Waals surface area contributed by atoms with Crippen molar-refractivity contribution < 1.29 is 9.47 Å². The highest BCUT2D eigenvalue weighted by atomic mass is 16.5. The van der Waals surface area contributed by atoms with Crippen LogP contribution < -0.4 is 0 Å². The van der Waals surface area contributed by atoms with Crippen LogP contribution in [0.25, 0.3) is 0 Å². The second-order valence-corrected chi connectivity index (χ2v) is 3.31. The van der Waals surface area contributed by atoms with Gasteiger partial charge in [-0.1, -0.05) is 11.6 Å². The summed E-state index contributed by atoms with van der Waals surface area (Å²) in [6.07, 6.45) is 8.29. The van der Waals surface area contributed by atoms with Crippen molar-refractivity contribution >= 4 is 0 Å². The molecule has 2 nitrogen and oxygen atoms in total. The van der Waals surface area contributed by atoms with E-state index in [-0.39, 0.29) is 6.10 Å². The Kier molecular flexibility index (Phi) is 4.61. The number of ether oxygens (including phenoxy) is 2. The van der Waals surface area contributed by atoms with Crippen molar-refractivity contribution in [2.24, 2.45) is 0 Å². The van der Waals surface area contributed by atoms with E-state index in [4.69, 9.17) is 9.47 Å². The minimum atomic E-state index is 0.259. The van der Waals surface area contributed by atoms with Crippen LogP contribution in [-0.2, 0) is 9.47 Å². The van der Waals surface area contributed by atoms with E-state index in [0.29, 0.717) is 0 Å². The first kappa shape index (κ1) is 10.3. The molecule has 1 aliphatic rings. The molecule has 0 N–H and O–H groups in total. The van der Waals surface area contributed by atoms with Gasteiger partial charge in [-0.25, -0.2) is 0 Å². The predicted octanol–water partition coefficient (Wildman–Crippen LogP) is 2.66. The lowest BCUT2D eigenvalue weighted by atomic mass is 10.2. The van der Waals surface area contributed by atoms with Crippen molar-refractivity contribution in [3.8, 4) is 0 Å². The molecule has 1 atom stereocenters. The predicted molar refractivity (Wildman–Crippen MR) is 53.5 cm³/mol. The van der Waals surface area contributed by atoms with Crippen LogP contribution in [0.2, 0.25) is 0 Å². The number of allylic oxidation sites excluding steroid dienone is 3. The molecular weight excluding hydrogens is 164 g/mol. The normalized spacial score (nSPS) is 25.1. The van der Waals surface area contributed by atoms with E-state index >= 15 is 0 Å². The van der Waals surface area contributed by atoms with E-state index in [9.17, 15) is 0 Å². The lowest BCUT2D eigenvalue weighted by Gasteiger charge is -2.21. The smallest absolute Gasteiger partial charge is 0.121 e. The molecule has 1 saturated heterocycles. The van der Waals surface area contributed by atoms with Gasteiger partial charge in [0.2, 0.25) is 0 Å². The van der Waals surface area contributed by atoms with Gasteiger partial charge >= 0.3 is 0 Å². The lowest BCUT2D eigenvalue weighted by Crippen LogP contribution is -2.23. The average Bonchev–Trinajstić information content (AvgIpc) is 2.19. The van der Waals surface area contributed by atoms with Gasteiger partial charge in [0.25, 0.3) is 0 Å². The third-order valence-electron chi connectivity index (χ3n) is 2.18. The van der Waals surface area contributed by atoms with Crippen molar-refractivity contribution in [3.63, 3.8) is 0 Å². The molecule has 0 amide bonds. The van der Waals surface area contributed by atoms with Gasteiger partial charge in [0.05, 0.1) is 12.9 Å². The van der Waals surface area contributed by atoms with Gasteiger partial charge in [0.15, 0.2) is 0 Å². The van der Waals surface area contributed by atoms with Gasteiger partial charge in [0, 0.05) is 6.61 Å². The van der Waals surface area contributed by atoms with E-state index in [2.05, 4.69) is 13.0 Å². The van der Waals surface area contributed by atoms with E-state index < -0.39 is 0 Å². The summed E-state index contributed by atoms with van der Waals surface area (Å²) in [5.41, 5.74) is 1.22. The Balaban J connectivity index is 2.20. The van der Waals surface area contributed by atoms with Gasteiger partial charge < -0.3 is 9.47 Å². The molecule has 0 saturated carbocycles. The molecule has 0 aromatic rings. The maximum atomic E-state index is 5.51. The molecular formula is C11H18O2. The molecule has 1 aliphatic heterocycles. The van der Waals surface area contributed by atoms with Gasteiger partial charge in [-0.3, -0.25) is 0 Å². The van der Waals surface area contributed by atoms with E-state index in [1.54, 1.807) is 6.26 Å². The molecule has 0 aliphatic carbocycles. The largest absolute Gasteiger partial charge is 0.496 e. The summed E-state index contributed by atoms with van der Waals surface area (Å²) in [6, 6.07) is 0. The zero-order valence-electron chi connectivity index (χ0n) is 8.45. The fraction of sp³-hybridized carbons (Fsp3) is 0.636. The van der Waals surface area contributed by atoms with Gasteiger partial charge in [-0.05, 0) is 32.8 Å². The molecule has 0 aromatic heterocycles. The fourth-order valence-electron chi connectivity index (χ4n) is 1.17. The third kappa shape index (κ3) is 4.13. The molecule has 0 radical (unpaired) electrons. The van der Waals surface area contributed by atoms with Gasteiger partial charge in [-0.15, -0.1) is 0 Å². The van der Waals surface area contributed by atoms with Crippen LogP contribution in [0.1, 0.15) is 26.7 Å². The molecule has 13 heavy (non-hydrogen) atoms. The summed E-state index contributed by atoms with van der Waals surface area (Å²) >= 11 is 0. The Morgan fingerprint density at radius 3 is 3.00 bits per heavy atom. The van der Waals surface area contributed by atoms with Crippen LogP contribution in [0.3, 0.4) is 0 Å². The molecule has 74 valence electrons. The molecule has 0 aromatic carbocycles. The Hall–Kier alpha value is -0.760. The highest BCUT2D eigenvalue weighted by molar-refractivity contribution is 5.12. The Morgan fingerprint density at radius 1 is 1.54 bits per heavy atom. The second-order valence-electron chi connectivity index (χ2n) is 3.31. The molecule has 1 heterocycles. The van der Waals surface area contributed by atoms with Crippen LogP contribution in [0.15, 0.2) is 24.0 Å². The van der Waals surface area contributed by atoms with Gasteiger partial charge in [0.1, 0.15) is 6.10 Å². The Morgan fingerprint density at radius 2 is 2.38 bits per heavy atom. The van der Waals surface area contributed by atoms with E-state index in [0.717, 1.165) is 26.1 Å². The SMILES string of the molecule is CC=C(C)C=COC1CCCOC1. The quantitative estimate of drug-likeness (QED) is 0.493. The summed E-state index contributed by atoms with van der Waals surface area (Å²) in [7, 11) is 0. The molecule has 1 rings (SSSR count). The second kappa shape index (κ2) is 5.81. The van der Waals surface area contributed by atoms with Crippen LogP contribution in [0, 0.1) is 0 Å². The first-order valence-electron chi connectivity index (χ1n) is 4.85. The highest BCUT2D eigenvalue weighted by Crippen LogP contribution is 2.10. The van der Waals surface area contributed by atoms with E-state index in [1.807, 2.05) is 13.0 Å². The van der Waals surface area contributed by atoms with Crippen molar-refractivity contribution in [1.29, 1.82) is 0 Å². The standard InChI is InChI=1S/C11H18O2/c1-3-10(2)6-8-13-11-5-4-7-12-9-11/h3,6,8,11H,4-5,7,9H2,1-2H3. The minimum Gasteiger partial charge on any atom is -0.496 e. The summed E-state index contributed by atoms with van der Waals surface area (Å²) in [5, 5.41) is 0. The Labute approximate surface area is 80.2 Å². The monoisotopic (exact) mass is 182 g/mol. The van der Waals surface area contributed by atoms with Crippen molar-refractivity contribution in [2.75, 3.05) is 13.2 Å². The molecule has 1 unspecified atom stereocenters. The average molecular weight is 182 g/mol. The van der Waals surface area contributed by atoms with E-state index in [1.165, 1.54) is 5.57 Å². The van der Waals surface area contributed by atoms with Gasteiger partial charge in [-0.2, -0.15) is 0 Å². The zero-order chi connectivity index (χ0) is 9.52. The van der Waals surface area contributed by atoms with Crippen LogP contribution in [0.5, 0.6) is 0 Å².